The molecule has 0 fully saturated rings. The van der Waals surface area contributed by atoms with Crippen LogP contribution in [0.15, 0.2) is 36.4 Å². The zero-order valence-corrected chi connectivity index (χ0v) is 17.2. The van der Waals surface area contributed by atoms with Gasteiger partial charge in [-0.05, 0) is 19.1 Å². The summed E-state index contributed by atoms with van der Waals surface area (Å²) in [4.78, 5) is 8.78. The molecule has 27 heavy (non-hydrogen) atoms. The summed E-state index contributed by atoms with van der Waals surface area (Å²) in [6, 6.07) is 12.4. The predicted octanol–water partition coefficient (Wildman–Crippen LogP) is -0.552. The van der Waals surface area contributed by atoms with Crippen molar-refractivity contribution in [3.8, 4) is 17.2 Å². The first-order valence-electron chi connectivity index (χ1n) is 7.42. The number of hydrogen-bond donors (Lipinski definition) is 0. The summed E-state index contributed by atoms with van der Waals surface area (Å²) in [6.45, 7) is 2.09. The molecule has 0 aliphatic carbocycles. The second-order valence-electron chi connectivity index (χ2n) is 5.02. The maximum Gasteiger partial charge on any atom is 0.430 e. The maximum atomic E-state index is 10.5. The van der Waals surface area contributed by atoms with Gasteiger partial charge in [0.2, 0.25) is 0 Å². The van der Waals surface area contributed by atoms with Crippen molar-refractivity contribution < 1.29 is 58.5 Å². The van der Waals surface area contributed by atoms with Crippen LogP contribution in [-0.4, -0.2) is 33.5 Å². The number of alkyl halides is 3. The molecule has 0 atom stereocenters. The molecule has 0 N–H and O–H groups in total. The molecule has 0 unspecified atom stereocenters. The van der Waals surface area contributed by atoms with E-state index < -0.39 is 12.1 Å². The van der Waals surface area contributed by atoms with Crippen molar-refractivity contribution >= 4 is 5.97 Å². The van der Waals surface area contributed by atoms with Gasteiger partial charge in [0.1, 0.15) is 11.7 Å². The molecule has 0 bridgehead atoms. The summed E-state index contributed by atoms with van der Waals surface area (Å²) < 4.78 is 50.3. The van der Waals surface area contributed by atoms with Crippen molar-refractivity contribution in [3.63, 3.8) is 0 Å². The molecule has 0 aliphatic rings. The zero-order valence-electron chi connectivity index (χ0n) is 15.0. The van der Waals surface area contributed by atoms with Gasteiger partial charge in [-0.25, -0.2) is 0 Å². The van der Waals surface area contributed by atoms with Crippen LogP contribution in [0.5, 0.6) is 17.2 Å². The Morgan fingerprint density at radius 1 is 0.963 bits per heavy atom. The number of carbonyl (C=O) groups excluding carboxylic acids is 1. The molecule has 9 heteroatoms. The highest BCUT2D eigenvalue weighted by molar-refractivity contribution is 5.70. The van der Waals surface area contributed by atoms with Crippen molar-refractivity contribution in [1.82, 2.24) is 0 Å². The van der Waals surface area contributed by atoms with E-state index in [9.17, 15) is 13.2 Å². The molecule has 2 rings (SSSR count). The van der Waals surface area contributed by atoms with E-state index in [1.165, 1.54) is 9.13 Å². The summed E-state index contributed by atoms with van der Waals surface area (Å²) in [7, 11) is 5.00. The molecule has 148 valence electrons. The van der Waals surface area contributed by atoms with Crippen LogP contribution in [0.4, 0.5) is 13.2 Å². The number of methoxy groups -OCH3 is 3. The lowest BCUT2D eigenvalue weighted by Crippen LogP contribution is -3.61. The third kappa shape index (κ3) is 7.16. The first kappa shape index (κ1) is 22.9. The van der Waals surface area contributed by atoms with Gasteiger partial charge in [-0.1, -0.05) is 17.7 Å². The number of aryl methyl sites for hydroxylation is 1. The lowest BCUT2D eigenvalue weighted by molar-refractivity contribution is -0.598. The molecule has 2 aromatic carbocycles. The minimum Gasteiger partial charge on any atom is -0.542 e. The summed E-state index contributed by atoms with van der Waals surface area (Å²) >= 11 is -0.364. The summed E-state index contributed by atoms with van der Waals surface area (Å²) in [5.41, 5.74) is 1.27. The topological polar surface area (TPSA) is 67.8 Å². The second kappa shape index (κ2) is 10.2. The Balaban J connectivity index is 0.000000445. The molecule has 0 radical (unpaired) electrons. The number of halogens is 4. The van der Waals surface area contributed by atoms with Gasteiger partial charge in [0.15, 0.2) is 15.1 Å². The van der Waals surface area contributed by atoms with Gasteiger partial charge in [0, 0.05) is 12.1 Å². The van der Waals surface area contributed by atoms with E-state index in [1.807, 2.05) is 12.1 Å². The van der Waals surface area contributed by atoms with Gasteiger partial charge in [-0.15, -0.1) is 0 Å². The fourth-order valence-electron chi connectivity index (χ4n) is 1.76. The van der Waals surface area contributed by atoms with E-state index in [1.54, 1.807) is 21.3 Å². The van der Waals surface area contributed by atoms with Crippen molar-refractivity contribution in [2.75, 3.05) is 21.3 Å². The average molecular weight is 498 g/mol. The Kier molecular flexibility index (Phi) is 8.67. The Bertz CT molecular complexity index is 736. The van der Waals surface area contributed by atoms with Gasteiger partial charge >= 0.3 is 27.4 Å². The molecular formula is C18H18F3IO5. The number of carboxylic acids is 1. The Morgan fingerprint density at radius 2 is 1.41 bits per heavy atom. The van der Waals surface area contributed by atoms with Gasteiger partial charge in [0.25, 0.3) is 3.57 Å². The van der Waals surface area contributed by atoms with Crippen LogP contribution in [-0.2, 0) is 4.79 Å². The molecule has 0 amide bonds. The van der Waals surface area contributed by atoms with Gasteiger partial charge in [-0.3, -0.25) is 0 Å². The monoisotopic (exact) mass is 498 g/mol. The van der Waals surface area contributed by atoms with Crippen LogP contribution in [0.2, 0.25) is 0 Å². The fraction of sp³-hybridized carbons (Fsp3) is 0.278. The fourth-order valence-corrected chi connectivity index (χ4v) is 4.39. The zero-order chi connectivity index (χ0) is 20.6. The maximum absolute atomic E-state index is 10.5. The van der Waals surface area contributed by atoms with Crippen LogP contribution in [0.1, 0.15) is 5.56 Å². The van der Waals surface area contributed by atoms with E-state index >= 15 is 0 Å². The third-order valence-corrected chi connectivity index (χ3v) is 6.05. The minimum absolute atomic E-state index is 0.364. The number of benzene rings is 2. The van der Waals surface area contributed by atoms with Gasteiger partial charge in [0.05, 0.1) is 21.3 Å². The quantitative estimate of drug-likeness (QED) is 0.518. The number of carboxylic acid groups (broad SMARTS) is 1. The molecule has 0 aliphatic heterocycles. The number of aliphatic carboxylic acids is 1. The van der Waals surface area contributed by atoms with Gasteiger partial charge in [-0.2, -0.15) is 13.2 Å². The first-order valence-corrected chi connectivity index (χ1v) is 9.57. The number of carbonyl (C=O) groups is 1. The largest absolute Gasteiger partial charge is 0.542 e. The molecule has 0 heterocycles. The van der Waals surface area contributed by atoms with Crippen LogP contribution in [0.25, 0.3) is 0 Å². The molecular weight excluding hydrogens is 480 g/mol. The van der Waals surface area contributed by atoms with Gasteiger partial charge < -0.3 is 24.1 Å². The molecule has 0 spiro atoms. The second-order valence-corrected chi connectivity index (χ2v) is 7.88. The summed E-state index contributed by atoms with van der Waals surface area (Å²) in [5.74, 6) is -0.605. The molecule has 0 saturated carbocycles. The SMILES string of the molecule is COc1cc(OC)c([I+]c2ccc(C)cc2)c(OC)c1.O=C([O-])C(F)(F)F. The first-order chi connectivity index (χ1) is 12.6. The molecule has 0 aromatic heterocycles. The van der Waals surface area contributed by atoms with Crippen LogP contribution < -0.4 is 40.5 Å². The van der Waals surface area contributed by atoms with Crippen LogP contribution in [0.3, 0.4) is 0 Å². The van der Waals surface area contributed by atoms with Crippen LogP contribution >= 0.6 is 0 Å². The van der Waals surface area contributed by atoms with Crippen LogP contribution in [0, 0.1) is 14.1 Å². The van der Waals surface area contributed by atoms with E-state index in [2.05, 4.69) is 31.2 Å². The number of hydrogen-bond acceptors (Lipinski definition) is 5. The third-order valence-electron chi connectivity index (χ3n) is 3.10. The Hall–Kier alpha value is -2.17. The smallest absolute Gasteiger partial charge is 0.430 e. The van der Waals surface area contributed by atoms with Crippen molar-refractivity contribution in [2.24, 2.45) is 0 Å². The summed E-state index contributed by atoms with van der Waals surface area (Å²) in [6.07, 6.45) is -5.19. The van der Waals surface area contributed by atoms with E-state index in [-0.39, 0.29) is 21.2 Å². The van der Waals surface area contributed by atoms with Crippen molar-refractivity contribution in [2.45, 2.75) is 13.1 Å². The molecule has 0 saturated heterocycles. The van der Waals surface area contributed by atoms with Crippen molar-refractivity contribution in [3.05, 3.63) is 49.1 Å². The highest BCUT2D eigenvalue weighted by Gasteiger charge is 2.29. The van der Waals surface area contributed by atoms with Crippen molar-refractivity contribution in [1.29, 1.82) is 0 Å². The van der Waals surface area contributed by atoms with E-state index in [4.69, 9.17) is 24.1 Å². The minimum atomic E-state index is -5.19. The normalized spacial score (nSPS) is 10.5. The standard InChI is InChI=1S/C16H18IO3.C2HF3O2/c1-11-5-7-12(8-6-11)17-16-14(19-3)9-13(18-2)10-15(16)20-4;3-2(4,5)1(6)7/h5-10H,1-4H3;(H,6,7)/q+1;/p-1. The van der Waals surface area contributed by atoms with E-state index in [0.717, 1.165) is 20.8 Å². The average Bonchev–Trinajstić information content (AvgIpc) is 2.63. The molecule has 5 nitrogen and oxygen atoms in total. The predicted molar refractivity (Wildman–Crippen MR) is 85.7 cm³/mol. The lowest BCUT2D eigenvalue weighted by atomic mass is 10.2. The summed E-state index contributed by atoms with van der Waals surface area (Å²) in [5, 5.41) is 8.78. The number of ether oxygens (including phenoxy) is 3. The highest BCUT2D eigenvalue weighted by Crippen LogP contribution is 2.27. The molecule has 2 aromatic rings. The number of rotatable bonds is 5. The highest BCUT2D eigenvalue weighted by atomic mass is 127. The van der Waals surface area contributed by atoms with E-state index in [0.29, 0.717) is 0 Å². The Morgan fingerprint density at radius 3 is 1.74 bits per heavy atom. The Labute approximate surface area is 165 Å². The lowest BCUT2D eigenvalue weighted by Gasteiger charge is -2.08.